The van der Waals surface area contributed by atoms with E-state index >= 15 is 0 Å². The Balaban J connectivity index is 5.28. The van der Waals surface area contributed by atoms with Gasteiger partial charge in [-0.05, 0) is 24.3 Å². The molecule has 0 saturated heterocycles. The van der Waals surface area contributed by atoms with Crippen molar-refractivity contribution in [2.45, 2.75) is 44.8 Å². The van der Waals surface area contributed by atoms with Gasteiger partial charge in [0.1, 0.15) is 18.1 Å². The van der Waals surface area contributed by atoms with E-state index in [9.17, 15) is 24.0 Å². The molecule has 28 heavy (non-hydrogen) atoms. The zero-order chi connectivity index (χ0) is 21.9. The monoisotopic (exact) mass is 419 g/mol. The van der Waals surface area contributed by atoms with E-state index in [1.54, 1.807) is 13.8 Å². The lowest BCUT2D eigenvalue weighted by Gasteiger charge is -2.26. The predicted octanol–water partition coefficient (Wildman–Crippen LogP) is -2.23. The molecule has 0 aliphatic carbocycles. The molecular weight excluding hydrogens is 390 g/mol. The lowest BCUT2D eigenvalue weighted by atomic mass is 10.0. The van der Waals surface area contributed by atoms with E-state index in [-0.39, 0.29) is 18.9 Å². The van der Waals surface area contributed by atoms with E-state index in [1.165, 1.54) is 11.8 Å². The summed E-state index contributed by atoms with van der Waals surface area (Å²) < 4.78 is 0. The summed E-state index contributed by atoms with van der Waals surface area (Å²) in [7, 11) is 0. The van der Waals surface area contributed by atoms with E-state index in [0.29, 0.717) is 5.75 Å². The van der Waals surface area contributed by atoms with Crippen molar-refractivity contribution in [1.82, 2.24) is 16.0 Å². The van der Waals surface area contributed by atoms with Crippen LogP contribution >= 0.6 is 11.8 Å². The molecule has 3 atom stereocenters. The van der Waals surface area contributed by atoms with Crippen LogP contribution in [0.25, 0.3) is 0 Å². The van der Waals surface area contributed by atoms with Gasteiger partial charge in [0.05, 0.1) is 13.0 Å². The summed E-state index contributed by atoms with van der Waals surface area (Å²) in [4.78, 5) is 58.8. The molecule has 0 fully saturated rings. The maximum atomic E-state index is 12.6. The molecule has 0 saturated carbocycles. The van der Waals surface area contributed by atoms with Crippen LogP contribution in [0.1, 0.15) is 26.7 Å². The number of hydrogen-bond acceptors (Lipinski definition) is 7. The summed E-state index contributed by atoms with van der Waals surface area (Å²) in [5, 5.41) is 16.4. The van der Waals surface area contributed by atoms with E-state index in [4.69, 9.17) is 16.6 Å². The summed E-state index contributed by atoms with van der Waals surface area (Å²) in [6.45, 7) is 3.14. The first-order chi connectivity index (χ1) is 13.0. The molecule has 0 heterocycles. The average molecular weight is 420 g/mol. The molecule has 0 spiro atoms. The number of carboxylic acids is 1. The van der Waals surface area contributed by atoms with Crippen LogP contribution in [0.2, 0.25) is 0 Å². The minimum Gasteiger partial charge on any atom is -0.480 e. The van der Waals surface area contributed by atoms with Crippen LogP contribution in [-0.2, 0) is 24.0 Å². The molecule has 0 aromatic heterocycles. The molecule has 11 nitrogen and oxygen atoms in total. The van der Waals surface area contributed by atoms with Crippen molar-refractivity contribution in [1.29, 1.82) is 0 Å². The van der Waals surface area contributed by atoms with Gasteiger partial charge in [-0.1, -0.05) is 13.8 Å². The van der Waals surface area contributed by atoms with Crippen molar-refractivity contribution in [3.05, 3.63) is 0 Å². The summed E-state index contributed by atoms with van der Waals surface area (Å²) in [6, 6.07) is -3.47. The molecule has 4 amide bonds. The van der Waals surface area contributed by atoms with Crippen LogP contribution in [0.3, 0.4) is 0 Å². The van der Waals surface area contributed by atoms with Gasteiger partial charge in [-0.25, -0.2) is 4.79 Å². The van der Waals surface area contributed by atoms with Gasteiger partial charge in [-0.2, -0.15) is 11.8 Å². The van der Waals surface area contributed by atoms with Crippen molar-refractivity contribution >= 4 is 41.4 Å². The zero-order valence-electron chi connectivity index (χ0n) is 16.2. The smallest absolute Gasteiger partial charge is 0.326 e. The van der Waals surface area contributed by atoms with E-state index < -0.39 is 54.1 Å². The molecule has 160 valence electrons. The van der Waals surface area contributed by atoms with Gasteiger partial charge in [0, 0.05) is 0 Å². The largest absolute Gasteiger partial charge is 0.480 e. The molecule has 3 unspecified atom stereocenters. The van der Waals surface area contributed by atoms with Crippen molar-refractivity contribution in [3.8, 4) is 0 Å². The zero-order valence-corrected chi connectivity index (χ0v) is 17.0. The Morgan fingerprint density at radius 2 is 1.57 bits per heavy atom. The third-order valence-corrected chi connectivity index (χ3v) is 4.36. The number of carboxylic acid groups (broad SMARTS) is 1. The van der Waals surface area contributed by atoms with Crippen LogP contribution in [0.5, 0.6) is 0 Å². The molecule has 0 rings (SSSR count). The standard InChI is InChI=1S/C16H29N5O6S/c1-8(2)13(21-12(23)7-17)15(25)19-9(4-5-28-3)14(24)20-10(16(26)27)6-11(18)22/h8-10,13H,4-7,17H2,1-3H3,(H2,18,22)(H,19,25)(H,20,24)(H,21,23)(H,26,27). The summed E-state index contributed by atoms with van der Waals surface area (Å²) in [6.07, 6.45) is 1.45. The van der Waals surface area contributed by atoms with Gasteiger partial charge in [0.25, 0.3) is 0 Å². The number of carbonyl (C=O) groups is 5. The van der Waals surface area contributed by atoms with Gasteiger partial charge in [0.2, 0.25) is 23.6 Å². The van der Waals surface area contributed by atoms with E-state index in [0.717, 1.165) is 0 Å². The number of aliphatic carboxylic acids is 1. The molecule has 8 N–H and O–H groups in total. The predicted molar refractivity (Wildman–Crippen MR) is 104 cm³/mol. The molecule has 0 aromatic rings. The van der Waals surface area contributed by atoms with Crippen molar-refractivity contribution < 1.29 is 29.1 Å². The number of thioether (sulfide) groups is 1. The molecule has 0 aliphatic rings. The maximum Gasteiger partial charge on any atom is 0.326 e. The highest BCUT2D eigenvalue weighted by Gasteiger charge is 2.30. The van der Waals surface area contributed by atoms with Gasteiger partial charge < -0.3 is 32.5 Å². The molecular formula is C16H29N5O6S. The molecule has 0 aliphatic heterocycles. The Hall–Kier alpha value is -2.34. The van der Waals surface area contributed by atoms with Crippen molar-refractivity contribution in [2.75, 3.05) is 18.6 Å². The lowest BCUT2D eigenvalue weighted by molar-refractivity contribution is -0.143. The van der Waals surface area contributed by atoms with E-state index in [1.807, 2.05) is 6.26 Å². The van der Waals surface area contributed by atoms with Crippen LogP contribution in [0.15, 0.2) is 0 Å². The Morgan fingerprint density at radius 3 is 2.00 bits per heavy atom. The number of nitrogens with one attached hydrogen (secondary N) is 3. The Bertz CT molecular complexity index is 586. The topological polar surface area (TPSA) is 194 Å². The summed E-state index contributed by atoms with van der Waals surface area (Å²) in [5.41, 5.74) is 10.3. The first kappa shape index (κ1) is 25.7. The number of rotatable bonds is 13. The second-order valence-electron chi connectivity index (χ2n) is 6.41. The first-order valence-corrected chi connectivity index (χ1v) is 10.0. The fourth-order valence-corrected chi connectivity index (χ4v) is 2.68. The third-order valence-electron chi connectivity index (χ3n) is 3.71. The van der Waals surface area contributed by atoms with Crippen LogP contribution < -0.4 is 27.4 Å². The van der Waals surface area contributed by atoms with E-state index in [2.05, 4.69) is 16.0 Å². The third kappa shape index (κ3) is 9.55. The van der Waals surface area contributed by atoms with Crippen LogP contribution in [0.4, 0.5) is 0 Å². The highest BCUT2D eigenvalue weighted by molar-refractivity contribution is 7.98. The minimum atomic E-state index is -1.50. The van der Waals surface area contributed by atoms with Gasteiger partial charge in [0.15, 0.2) is 0 Å². The Labute approximate surface area is 167 Å². The molecule has 0 radical (unpaired) electrons. The fraction of sp³-hybridized carbons (Fsp3) is 0.688. The molecule has 0 aromatic carbocycles. The number of nitrogens with two attached hydrogens (primary N) is 2. The minimum absolute atomic E-state index is 0.220. The maximum absolute atomic E-state index is 12.6. The second-order valence-corrected chi connectivity index (χ2v) is 7.39. The quantitative estimate of drug-likeness (QED) is 0.193. The number of amides is 4. The number of primary amides is 1. The van der Waals surface area contributed by atoms with Gasteiger partial charge >= 0.3 is 5.97 Å². The number of carbonyl (C=O) groups excluding carboxylic acids is 4. The van der Waals surface area contributed by atoms with Crippen LogP contribution in [0, 0.1) is 5.92 Å². The molecule has 0 bridgehead atoms. The summed E-state index contributed by atoms with van der Waals surface area (Å²) >= 11 is 1.43. The second kappa shape index (κ2) is 12.9. The normalized spacial score (nSPS) is 13.9. The Morgan fingerprint density at radius 1 is 1.00 bits per heavy atom. The SMILES string of the molecule is CSCCC(NC(=O)C(NC(=O)CN)C(C)C)C(=O)NC(CC(N)=O)C(=O)O. The first-order valence-electron chi connectivity index (χ1n) is 8.63. The lowest BCUT2D eigenvalue weighted by Crippen LogP contribution is -2.57. The van der Waals surface area contributed by atoms with Crippen LogP contribution in [-0.4, -0.2) is 71.4 Å². The van der Waals surface area contributed by atoms with Gasteiger partial charge in [-0.15, -0.1) is 0 Å². The van der Waals surface area contributed by atoms with Crippen molar-refractivity contribution in [2.24, 2.45) is 17.4 Å². The number of hydrogen-bond donors (Lipinski definition) is 6. The molecule has 12 heteroatoms. The average Bonchev–Trinajstić information content (AvgIpc) is 2.60. The highest BCUT2D eigenvalue weighted by Crippen LogP contribution is 2.06. The Kier molecular flexibility index (Phi) is 11.9. The highest BCUT2D eigenvalue weighted by atomic mass is 32.2. The van der Waals surface area contributed by atoms with Gasteiger partial charge in [-0.3, -0.25) is 19.2 Å². The fourth-order valence-electron chi connectivity index (χ4n) is 2.21. The summed E-state index contributed by atoms with van der Waals surface area (Å²) in [5.74, 6) is -3.96. The van der Waals surface area contributed by atoms with Crippen molar-refractivity contribution in [3.63, 3.8) is 0 Å².